The van der Waals surface area contributed by atoms with E-state index in [2.05, 4.69) is 54.6 Å². The smallest absolute Gasteiger partial charge is 0.253 e. The van der Waals surface area contributed by atoms with Gasteiger partial charge in [0.15, 0.2) is 5.82 Å². The fraction of sp³-hybridized carbons (Fsp3) is 0.290. The number of aromatic nitrogens is 5. The van der Waals surface area contributed by atoms with Crippen molar-refractivity contribution < 1.29 is 9.47 Å². The lowest BCUT2D eigenvalue weighted by Gasteiger charge is -2.38. The highest BCUT2D eigenvalue weighted by Crippen LogP contribution is 2.29. The largest absolute Gasteiger partial charge is 0.497 e. The molecule has 10 heteroatoms. The van der Waals surface area contributed by atoms with Gasteiger partial charge in [0, 0.05) is 44.4 Å². The van der Waals surface area contributed by atoms with Crippen molar-refractivity contribution in [3.8, 4) is 11.5 Å². The lowest BCUT2D eigenvalue weighted by molar-refractivity contribution is 0.0998. The van der Waals surface area contributed by atoms with Gasteiger partial charge in [-0.05, 0) is 57.3 Å². The lowest BCUT2D eigenvalue weighted by Crippen LogP contribution is -2.48. The van der Waals surface area contributed by atoms with E-state index in [9.17, 15) is 4.79 Å². The topological polar surface area (TPSA) is 101 Å². The van der Waals surface area contributed by atoms with E-state index in [-0.39, 0.29) is 5.56 Å². The summed E-state index contributed by atoms with van der Waals surface area (Å²) in [6, 6.07) is 25.5. The number of benzene rings is 3. The fourth-order valence-electron chi connectivity index (χ4n) is 5.47. The quantitative estimate of drug-likeness (QED) is 0.297. The van der Waals surface area contributed by atoms with Gasteiger partial charge < -0.3 is 14.5 Å². The average Bonchev–Trinajstić information content (AvgIpc) is 3.46. The fourth-order valence-corrected chi connectivity index (χ4v) is 5.47. The second-order valence-electron chi connectivity index (χ2n) is 10.3. The van der Waals surface area contributed by atoms with Crippen LogP contribution < -0.4 is 15.0 Å². The third kappa shape index (κ3) is 5.84. The Balaban J connectivity index is 1.31. The van der Waals surface area contributed by atoms with Gasteiger partial charge in [0.25, 0.3) is 5.56 Å². The summed E-state index contributed by atoms with van der Waals surface area (Å²) in [4.78, 5) is 21.4. The molecule has 0 aliphatic carbocycles. The molecule has 210 valence electrons. The molecule has 10 nitrogen and oxygen atoms in total. The number of methoxy groups -OCH3 is 2. The van der Waals surface area contributed by atoms with Gasteiger partial charge in [-0.25, -0.2) is 4.68 Å². The maximum Gasteiger partial charge on any atom is 0.253 e. The molecule has 3 heterocycles. The van der Waals surface area contributed by atoms with Crippen molar-refractivity contribution in [1.82, 2.24) is 35.0 Å². The lowest BCUT2D eigenvalue weighted by atomic mass is 10.0. The van der Waals surface area contributed by atoms with Crippen LogP contribution >= 0.6 is 0 Å². The highest BCUT2D eigenvalue weighted by atomic mass is 16.5. The molecule has 1 aliphatic heterocycles. The molecule has 2 aromatic heterocycles. The maximum atomic E-state index is 13.6. The maximum absolute atomic E-state index is 13.6. The van der Waals surface area contributed by atoms with E-state index in [1.54, 1.807) is 18.9 Å². The Morgan fingerprint density at radius 3 is 2.27 bits per heavy atom. The Kier molecular flexibility index (Phi) is 7.75. The summed E-state index contributed by atoms with van der Waals surface area (Å²) in [5.41, 5.74) is 3.51. The second kappa shape index (κ2) is 11.9. The Bertz CT molecular complexity index is 1660. The number of pyridine rings is 1. The van der Waals surface area contributed by atoms with Crippen LogP contribution in [0.4, 0.5) is 0 Å². The van der Waals surface area contributed by atoms with Crippen molar-refractivity contribution in [3.05, 3.63) is 112 Å². The van der Waals surface area contributed by atoms with Crippen LogP contribution in [0.3, 0.4) is 0 Å². The van der Waals surface area contributed by atoms with E-state index in [4.69, 9.17) is 9.47 Å². The molecule has 0 bridgehead atoms. The number of nitrogens with zero attached hydrogens (tertiary/aromatic N) is 6. The van der Waals surface area contributed by atoms with Crippen LogP contribution in [0.1, 0.15) is 28.6 Å². The molecule has 0 saturated carbocycles. The zero-order chi connectivity index (χ0) is 28.2. The van der Waals surface area contributed by atoms with Crippen molar-refractivity contribution in [2.75, 3.05) is 40.4 Å². The van der Waals surface area contributed by atoms with Crippen LogP contribution in [-0.4, -0.2) is 75.4 Å². The Morgan fingerprint density at radius 2 is 1.54 bits per heavy atom. The molecule has 6 rings (SSSR count). The third-order valence-electron chi connectivity index (χ3n) is 7.69. The third-order valence-corrected chi connectivity index (χ3v) is 7.69. The number of fused-ring (bicyclic) bond motifs is 1. The molecule has 0 amide bonds. The molecule has 0 spiro atoms. The number of hydrogen-bond donors (Lipinski definition) is 1. The monoisotopic (exact) mass is 551 g/mol. The van der Waals surface area contributed by atoms with Gasteiger partial charge >= 0.3 is 0 Å². The van der Waals surface area contributed by atoms with Gasteiger partial charge in [-0.15, -0.1) is 5.10 Å². The number of ether oxygens (including phenoxy) is 2. The first-order valence-electron chi connectivity index (χ1n) is 13.7. The number of piperazine rings is 1. The van der Waals surface area contributed by atoms with E-state index in [1.807, 2.05) is 54.6 Å². The van der Waals surface area contributed by atoms with Gasteiger partial charge in [-0.1, -0.05) is 42.5 Å². The second-order valence-corrected chi connectivity index (χ2v) is 10.3. The van der Waals surface area contributed by atoms with Gasteiger partial charge in [0.2, 0.25) is 0 Å². The number of aromatic amines is 1. The Morgan fingerprint density at radius 1 is 0.829 bits per heavy atom. The number of hydrogen-bond acceptors (Lipinski definition) is 8. The molecular formula is C31H33N7O3. The van der Waals surface area contributed by atoms with E-state index >= 15 is 0 Å². The van der Waals surface area contributed by atoms with E-state index < -0.39 is 6.04 Å². The van der Waals surface area contributed by atoms with Gasteiger partial charge in [-0.3, -0.25) is 14.6 Å². The number of tetrazole rings is 1. The Labute approximate surface area is 238 Å². The predicted molar refractivity (Wildman–Crippen MR) is 156 cm³/mol. The van der Waals surface area contributed by atoms with Gasteiger partial charge in [0.1, 0.15) is 17.5 Å². The first kappa shape index (κ1) is 26.7. The van der Waals surface area contributed by atoms with Crippen molar-refractivity contribution >= 4 is 10.9 Å². The standard InChI is InChI=1S/C31H33N7O3/c1-40-25-11-8-23(9-12-25)20-36-14-16-37(17-15-36)29(30-33-34-35-38(30)21-22-6-4-3-5-7-22)27-18-24-10-13-26(41-2)19-28(24)32-31(27)39/h3-13,18-19,29H,14-17,20-21H2,1-2H3,(H,32,39)/t29-/m0/s1. The molecule has 5 aromatic rings. The van der Waals surface area contributed by atoms with Crippen molar-refractivity contribution in [1.29, 1.82) is 0 Å². The Hall–Kier alpha value is -4.54. The average molecular weight is 552 g/mol. The predicted octanol–water partition coefficient (Wildman–Crippen LogP) is 3.49. The summed E-state index contributed by atoms with van der Waals surface area (Å²) in [6.07, 6.45) is 0. The summed E-state index contributed by atoms with van der Waals surface area (Å²) in [5, 5.41) is 13.8. The highest BCUT2D eigenvalue weighted by molar-refractivity contribution is 5.80. The molecule has 1 aliphatic rings. The number of H-pyrrole nitrogens is 1. The first-order chi connectivity index (χ1) is 20.1. The summed E-state index contributed by atoms with van der Waals surface area (Å²) in [7, 11) is 3.29. The van der Waals surface area contributed by atoms with E-state index in [1.165, 1.54) is 5.56 Å². The van der Waals surface area contributed by atoms with E-state index in [0.29, 0.717) is 23.7 Å². The first-order valence-corrected chi connectivity index (χ1v) is 13.7. The molecule has 41 heavy (non-hydrogen) atoms. The molecule has 1 fully saturated rings. The highest BCUT2D eigenvalue weighted by Gasteiger charge is 2.32. The molecular weight excluding hydrogens is 518 g/mol. The number of rotatable bonds is 9. The summed E-state index contributed by atoms with van der Waals surface area (Å²) in [5.74, 6) is 2.20. The van der Waals surface area contributed by atoms with Crippen LogP contribution in [0.15, 0.2) is 83.7 Å². The minimum absolute atomic E-state index is 0.161. The van der Waals surface area contributed by atoms with Crippen LogP contribution in [0.5, 0.6) is 11.5 Å². The van der Waals surface area contributed by atoms with E-state index in [0.717, 1.165) is 54.9 Å². The molecule has 0 radical (unpaired) electrons. The molecule has 1 atom stereocenters. The minimum Gasteiger partial charge on any atom is -0.497 e. The normalized spacial score (nSPS) is 15.2. The van der Waals surface area contributed by atoms with Gasteiger partial charge in [0.05, 0.1) is 26.3 Å². The van der Waals surface area contributed by atoms with Crippen molar-refractivity contribution in [3.63, 3.8) is 0 Å². The molecule has 3 aromatic carbocycles. The minimum atomic E-state index is -0.410. The zero-order valence-electron chi connectivity index (χ0n) is 23.2. The van der Waals surface area contributed by atoms with Crippen LogP contribution in [0, 0.1) is 0 Å². The van der Waals surface area contributed by atoms with Crippen LogP contribution in [0.25, 0.3) is 10.9 Å². The van der Waals surface area contributed by atoms with Crippen molar-refractivity contribution in [2.24, 2.45) is 0 Å². The SMILES string of the molecule is COc1ccc(CN2CCN([C@@H](c3cc4ccc(OC)cc4[nH]c3=O)c3nnnn3Cc3ccccc3)CC2)cc1. The summed E-state index contributed by atoms with van der Waals surface area (Å²) in [6.45, 7) is 4.60. The molecule has 1 N–H and O–H groups in total. The summed E-state index contributed by atoms with van der Waals surface area (Å²) < 4.78 is 12.5. The zero-order valence-corrected chi connectivity index (χ0v) is 23.2. The van der Waals surface area contributed by atoms with Gasteiger partial charge in [-0.2, -0.15) is 0 Å². The molecule has 0 unspecified atom stereocenters. The van der Waals surface area contributed by atoms with Crippen LogP contribution in [-0.2, 0) is 13.1 Å². The van der Waals surface area contributed by atoms with Crippen LogP contribution in [0.2, 0.25) is 0 Å². The number of nitrogens with one attached hydrogen (secondary N) is 1. The summed E-state index contributed by atoms with van der Waals surface area (Å²) >= 11 is 0. The van der Waals surface area contributed by atoms with Crippen molar-refractivity contribution in [2.45, 2.75) is 19.1 Å². The molecule has 1 saturated heterocycles.